The predicted octanol–water partition coefficient (Wildman–Crippen LogP) is 1.97. The zero-order valence-electron chi connectivity index (χ0n) is 15.0. The van der Waals surface area contributed by atoms with Crippen molar-refractivity contribution < 1.29 is 19.1 Å². The van der Waals surface area contributed by atoms with Crippen LogP contribution in [0.25, 0.3) is 0 Å². The second-order valence-electron chi connectivity index (χ2n) is 6.81. The summed E-state index contributed by atoms with van der Waals surface area (Å²) in [6.07, 6.45) is 4.51. The second kappa shape index (κ2) is 7.87. The third-order valence-electron chi connectivity index (χ3n) is 5.01. The average molecular weight is 346 g/mol. The fourth-order valence-electron chi connectivity index (χ4n) is 3.37. The summed E-state index contributed by atoms with van der Waals surface area (Å²) in [6, 6.07) is 4.99. The maximum absolute atomic E-state index is 12.6. The second-order valence-corrected chi connectivity index (χ2v) is 6.81. The molecule has 0 radical (unpaired) electrons. The number of hydrogen-bond donors (Lipinski definition) is 0. The molecule has 2 fully saturated rings. The lowest BCUT2D eigenvalue weighted by Gasteiger charge is -2.31. The summed E-state index contributed by atoms with van der Waals surface area (Å²) < 4.78 is 11.4. The number of piperazine rings is 1. The van der Waals surface area contributed by atoms with Gasteiger partial charge in [0.25, 0.3) is 11.7 Å². The monoisotopic (exact) mass is 346 g/mol. The zero-order chi connectivity index (χ0) is 17.8. The van der Waals surface area contributed by atoms with Crippen LogP contribution in [0.3, 0.4) is 0 Å². The summed E-state index contributed by atoms with van der Waals surface area (Å²) >= 11 is 0. The molecule has 0 bridgehead atoms. The molecule has 1 aromatic carbocycles. The first-order valence-corrected chi connectivity index (χ1v) is 8.95. The number of hydrogen-bond acceptors (Lipinski definition) is 5. The first kappa shape index (κ1) is 17.7. The molecular formula is C19H26N2O4. The van der Waals surface area contributed by atoms with E-state index in [1.165, 1.54) is 0 Å². The molecule has 0 aromatic heterocycles. The van der Waals surface area contributed by atoms with Gasteiger partial charge in [-0.25, -0.2) is 0 Å². The number of methoxy groups -OCH3 is 1. The molecule has 1 amide bonds. The van der Waals surface area contributed by atoms with Gasteiger partial charge in [-0.3, -0.25) is 9.59 Å². The zero-order valence-corrected chi connectivity index (χ0v) is 15.0. The van der Waals surface area contributed by atoms with Crippen LogP contribution in [0.2, 0.25) is 0 Å². The van der Waals surface area contributed by atoms with Crippen LogP contribution in [0.4, 0.5) is 0 Å². The van der Waals surface area contributed by atoms with Crippen molar-refractivity contribution in [3.05, 3.63) is 23.8 Å². The highest BCUT2D eigenvalue weighted by Gasteiger charge is 2.27. The fraction of sp³-hybridized carbons (Fsp3) is 0.579. The lowest BCUT2D eigenvalue weighted by Crippen LogP contribution is -2.49. The molecule has 1 aliphatic carbocycles. The standard InChI is InChI=1S/C19H26N2O4/c1-20-9-11-21(12-10-20)19(23)18(22)14-7-8-16(24-2)17(13-14)25-15-5-3-4-6-15/h7-8,13,15H,3-6,9-12H2,1-2H3. The predicted molar refractivity (Wildman–Crippen MR) is 94.3 cm³/mol. The van der Waals surface area contributed by atoms with Crippen molar-refractivity contribution in [2.24, 2.45) is 0 Å². The van der Waals surface area contributed by atoms with Crippen LogP contribution in [-0.4, -0.2) is 67.9 Å². The molecule has 1 saturated heterocycles. The smallest absolute Gasteiger partial charge is 0.295 e. The number of rotatable bonds is 5. The van der Waals surface area contributed by atoms with Crippen molar-refractivity contribution in [1.82, 2.24) is 9.80 Å². The molecule has 6 heteroatoms. The van der Waals surface area contributed by atoms with Crippen molar-refractivity contribution in [1.29, 1.82) is 0 Å². The molecule has 3 rings (SSSR count). The van der Waals surface area contributed by atoms with Crippen LogP contribution in [-0.2, 0) is 4.79 Å². The van der Waals surface area contributed by atoms with E-state index in [4.69, 9.17) is 9.47 Å². The van der Waals surface area contributed by atoms with Gasteiger partial charge in [-0.2, -0.15) is 0 Å². The molecule has 0 N–H and O–H groups in total. The van der Waals surface area contributed by atoms with Crippen molar-refractivity contribution >= 4 is 11.7 Å². The minimum atomic E-state index is -0.483. The number of nitrogens with zero attached hydrogens (tertiary/aromatic N) is 2. The Labute approximate surface area is 148 Å². The van der Waals surface area contributed by atoms with E-state index in [1.54, 1.807) is 30.2 Å². The van der Waals surface area contributed by atoms with Crippen LogP contribution in [0.1, 0.15) is 36.0 Å². The Morgan fingerprint density at radius 2 is 1.72 bits per heavy atom. The molecule has 1 heterocycles. The number of ketones is 1. The maximum atomic E-state index is 12.6. The number of carbonyl (C=O) groups is 2. The molecule has 1 aliphatic heterocycles. The molecule has 1 saturated carbocycles. The highest BCUT2D eigenvalue weighted by molar-refractivity contribution is 6.42. The number of ether oxygens (including phenoxy) is 2. The van der Waals surface area contributed by atoms with Crippen LogP contribution in [0.15, 0.2) is 18.2 Å². The molecule has 6 nitrogen and oxygen atoms in total. The van der Waals surface area contributed by atoms with Crippen LogP contribution in [0, 0.1) is 0 Å². The Hall–Kier alpha value is -2.08. The van der Waals surface area contributed by atoms with Crippen molar-refractivity contribution in [3.8, 4) is 11.5 Å². The topological polar surface area (TPSA) is 59.1 Å². The van der Waals surface area contributed by atoms with Gasteiger partial charge in [0.2, 0.25) is 0 Å². The van der Waals surface area contributed by atoms with E-state index in [-0.39, 0.29) is 6.10 Å². The highest BCUT2D eigenvalue weighted by Crippen LogP contribution is 2.32. The summed E-state index contributed by atoms with van der Waals surface area (Å²) in [7, 11) is 3.59. The highest BCUT2D eigenvalue weighted by atomic mass is 16.5. The molecule has 0 atom stereocenters. The van der Waals surface area contributed by atoms with Gasteiger partial charge in [-0.1, -0.05) is 0 Å². The lowest BCUT2D eigenvalue weighted by molar-refractivity contribution is -0.127. The largest absolute Gasteiger partial charge is 0.493 e. The summed E-state index contributed by atoms with van der Waals surface area (Å²) in [6.45, 7) is 2.75. The molecule has 136 valence electrons. The van der Waals surface area contributed by atoms with Gasteiger partial charge in [0, 0.05) is 31.7 Å². The summed E-state index contributed by atoms with van der Waals surface area (Å²) in [5.41, 5.74) is 0.359. The minimum Gasteiger partial charge on any atom is -0.493 e. The Balaban J connectivity index is 1.74. The Kier molecular flexibility index (Phi) is 5.58. The maximum Gasteiger partial charge on any atom is 0.295 e. The first-order valence-electron chi connectivity index (χ1n) is 8.95. The normalized spacial score (nSPS) is 19.0. The SMILES string of the molecule is COc1ccc(C(=O)C(=O)N2CCN(C)CC2)cc1OC1CCCC1. The Bertz CT molecular complexity index is 632. The fourth-order valence-corrected chi connectivity index (χ4v) is 3.37. The number of Topliss-reactive ketones (excluding diaryl/α,β-unsaturated/α-hetero) is 1. The van der Waals surface area contributed by atoms with Gasteiger partial charge in [0.1, 0.15) is 0 Å². The number of benzene rings is 1. The summed E-state index contributed by atoms with van der Waals surface area (Å²) in [5, 5.41) is 0. The number of carbonyl (C=O) groups excluding carboxylic acids is 2. The van der Waals surface area contributed by atoms with Gasteiger partial charge >= 0.3 is 0 Å². The van der Waals surface area contributed by atoms with E-state index >= 15 is 0 Å². The van der Waals surface area contributed by atoms with E-state index in [0.29, 0.717) is 30.2 Å². The third kappa shape index (κ3) is 4.12. The van der Waals surface area contributed by atoms with E-state index in [0.717, 1.165) is 38.8 Å². The lowest BCUT2D eigenvalue weighted by atomic mass is 10.1. The third-order valence-corrected chi connectivity index (χ3v) is 5.01. The minimum absolute atomic E-state index is 0.160. The van der Waals surface area contributed by atoms with E-state index < -0.39 is 11.7 Å². The van der Waals surface area contributed by atoms with Crippen LogP contribution >= 0.6 is 0 Å². The summed E-state index contributed by atoms with van der Waals surface area (Å²) in [5.74, 6) is 0.218. The van der Waals surface area contributed by atoms with E-state index in [2.05, 4.69) is 4.90 Å². The molecule has 2 aliphatic rings. The van der Waals surface area contributed by atoms with Gasteiger partial charge < -0.3 is 19.3 Å². The molecule has 0 spiro atoms. The average Bonchev–Trinajstić information content (AvgIpc) is 3.14. The Morgan fingerprint density at radius 3 is 2.36 bits per heavy atom. The van der Waals surface area contributed by atoms with Crippen LogP contribution < -0.4 is 9.47 Å². The van der Waals surface area contributed by atoms with Crippen molar-refractivity contribution in [2.75, 3.05) is 40.3 Å². The molecule has 25 heavy (non-hydrogen) atoms. The van der Waals surface area contributed by atoms with Crippen LogP contribution in [0.5, 0.6) is 11.5 Å². The Morgan fingerprint density at radius 1 is 1.04 bits per heavy atom. The molecule has 1 aromatic rings. The van der Waals surface area contributed by atoms with E-state index in [1.807, 2.05) is 7.05 Å². The number of amides is 1. The van der Waals surface area contributed by atoms with E-state index in [9.17, 15) is 9.59 Å². The van der Waals surface area contributed by atoms with Gasteiger partial charge in [0.15, 0.2) is 11.5 Å². The number of likely N-dealkylation sites (N-methyl/N-ethyl adjacent to an activating group) is 1. The van der Waals surface area contributed by atoms with Crippen molar-refractivity contribution in [3.63, 3.8) is 0 Å². The van der Waals surface area contributed by atoms with Gasteiger partial charge in [0.05, 0.1) is 13.2 Å². The van der Waals surface area contributed by atoms with Crippen molar-refractivity contribution in [2.45, 2.75) is 31.8 Å². The van der Waals surface area contributed by atoms with Gasteiger partial charge in [-0.05, 0) is 50.9 Å². The van der Waals surface area contributed by atoms with Gasteiger partial charge in [-0.15, -0.1) is 0 Å². The first-order chi connectivity index (χ1) is 12.1. The molecular weight excluding hydrogens is 320 g/mol. The summed E-state index contributed by atoms with van der Waals surface area (Å²) in [4.78, 5) is 28.9. The quantitative estimate of drug-likeness (QED) is 0.603. The molecule has 0 unspecified atom stereocenters.